The Morgan fingerprint density at radius 3 is 2.73 bits per heavy atom. The van der Waals surface area contributed by atoms with Gasteiger partial charge in [-0.05, 0) is 71.3 Å². The monoisotopic (exact) mass is 500 g/mol. The first-order valence-electron chi connectivity index (χ1n) is 13.0. The van der Waals surface area contributed by atoms with Gasteiger partial charge in [0.1, 0.15) is 30.0 Å². The van der Waals surface area contributed by atoms with Gasteiger partial charge in [0.2, 0.25) is 0 Å². The van der Waals surface area contributed by atoms with Crippen molar-refractivity contribution in [3.05, 3.63) is 76.3 Å². The van der Waals surface area contributed by atoms with Crippen molar-refractivity contribution < 1.29 is 28.5 Å². The molecule has 0 unspecified atom stereocenters. The molecule has 2 aliphatic heterocycles. The molecule has 3 aromatic carbocycles. The lowest BCUT2D eigenvalue weighted by molar-refractivity contribution is -0.141. The van der Waals surface area contributed by atoms with Crippen LogP contribution in [0.2, 0.25) is 0 Å². The maximum Gasteiger partial charge on any atom is 0.306 e. The predicted molar refractivity (Wildman–Crippen MR) is 140 cm³/mol. The number of aryl methyl sites for hydroxylation is 1. The summed E-state index contributed by atoms with van der Waals surface area (Å²) in [5, 5.41) is 0. The Morgan fingerprint density at radius 2 is 1.95 bits per heavy atom. The fourth-order valence-electron chi connectivity index (χ4n) is 5.59. The number of hydrogen-bond donors (Lipinski definition) is 0. The summed E-state index contributed by atoms with van der Waals surface area (Å²) in [7, 11) is 1.41. The van der Waals surface area contributed by atoms with Crippen LogP contribution in [0.15, 0.2) is 48.5 Å². The van der Waals surface area contributed by atoms with Gasteiger partial charge in [0.05, 0.1) is 33.4 Å². The van der Waals surface area contributed by atoms with E-state index < -0.39 is 0 Å². The Kier molecular flexibility index (Phi) is 6.51. The quantitative estimate of drug-likeness (QED) is 0.378. The first-order valence-corrected chi connectivity index (χ1v) is 13.0. The molecule has 6 heteroatoms. The molecule has 0 amide bonds. The third-order valence-corrected chi connectivity index (χ3v) is 7.64. The van der Waals surface area contributed by atoms with Gasteiger partial charge in [-0.25, -0.2) is 0 Å². The summed E-state index contributed by atoms with van der Waals surface area (Å²) < 4.78 is 28.6. The van der Waals surface area contributed by atoms with Crippen LogP contribution in [-0.4, -0.2) is 39.0 Å². The van der Waals surface area contributed by atoms with Crippen molar-refractivity contribution in [2.45, 2.75) is 51.2 Å². The van der Waals surface area contributed by atoms with Crippen LogP contribution in [0.25, 0.3) is 11.1 Å². The summed E-state index contributed by atoms with van der Waals surface area (Å²) in [6.45, 7) is 4.59. The van der Waals surface area contributed by atoms with Crippen LogP contribution in [0.4, 0.5) is 0 Å². The number of benzene rings is 3. The molecule has 1 fully saturated rings. The minimum absolute atomic E-state index is 0.0253. The van der Waals surface area contributed by atoms with E-state index in [9.17, 15) is 4.79 Å². The minimum Gasteiger partial charge on any atom is -0.492 e. The third-order valence-electron chi connectivity index (χ3n) is 7.64. The van der Waals surface area contributed by atoms with Crippen molar-refractivity contribution in [2.75, 3.05) is 26.9 Å². The molecule has 0 radical (unpaired) electrons. The molecule has 1 saturated heterocycles. The molecule has 2 heterocycles. The van der Waals surface area contributed by atoms with E-state index >= 15 is 0 Å². The SMILES string of the molecule is COC(=O)C[C@@H]1COc2cc(OCc3cccc(-c4c(C)cc(O[C@@H]5CCOC5)c5c4CC5)c3)ccc21. The van der Waals surface area contributed by atoms with Gasteiger partial charge in [-0.2, -0.15) is 0 Å². The number of esters is 1. The van der Waals surface area contributed by atoms with Crippen molar-refractivity contribution in [3.63, 3.8) is 0 Å². The zero-order valence-corrected chi connectivity index (χ0v) is 21.4. The Balaban J connectivity index is 1.16. The highest BCUT2D eigenvalue weighted by molar-refractivity contribution is 5.76. The molecule has 6 nitrogen and oxygen atoms in total. The zero-order valence-electron chi connectivity index (χ0n) is 21.4. The Morgan fingerprint density at radius 1 is 1.05 bits per heavy atom. The standard InChI is InChI=1S/C31H32O6/c1-19-12-29(37-24-10-11-34-18-24)26-8-9-27(26)31(19)21-5-3-4-20(13-21)16-35-23-6-7-25-22(14-30(32)33-2)17-36-28(25)15-23/h3-7,12-13,15,22,24H,8-11,14,16-18H2,1-2H3/t22-,24-/m1/s1. The minimum atomic E-state index is -0.225. The summed E-state index contributed by atoms with van der Waals surface area (Å²) in [5.74, 6) is 2.36. The van der Waals surface area contributed by atoms with Crippen LogP contribution in [0.3, 0.4) is 0 Å². The van der Waals surface area contributed by atoms with Crippen molar-refractivity contribution in [1.29, 1.82) is 0 Å². The lowest BCUT2D eigenvalue weighted by Gasteiger charge is -2.29. The predicted octanol–water partition coefficient (Wildman–Crippen LogP) is 5.55. The fourth-order valence-corrected chi connectivity index (χ4v) is 5.59. The van der Waals surface area contributed by atoms with Gasteiger partial charge in [0, 0.05) is 24.0 Å². The fraction of sp³-hybridized carbons (Fsp3) is 0.387. The molecular weight excluding hydrogens is 468 g/mol. The second kappa shape index (κ2) is 10.1. The average molecular weight is 501 g/mol. The van der Waals surface area contributed by atoms with E-state index in [2.05, 4.69) is 37.3 Å². The van der Waals surface area contributed by atoms with Gasteiger partial charge in [-0.3, -0.25) is 4.79 Å². The number of carbonyl (C=O) groups excluding carboxylic acids is 1. The second-order valence-corrected chi connectivity index (χ2v) is 10.1. The Hall–Kier alpha value is -3.51. The highest BCUT2D eigenvalue weighted by Crippen LogP contribution is 2.43. The largest absolute Gasteiger partial charge is 0.492 e. The van der Waals surface area contributed by atoms with Gasteiger partial charge in [0.15, 0.2) is 0 Å². The summed E-state index contributed by atoms with van der Waals surface area (Å²) >= 11 is 0. The van der Waals surface area contributed by atoms with Crippen LogP contribution < -0.4 is 14.2 Å². The molecule has 37 heavy (non-hydrogen) atoms. The smallest absolute Gasteiger partial charge is 0.306 e. The molecule has 1 aliphatic carbocycles. The topological polar surface area (TPSA) is 63.2 Å². The second-order valence-electron chi connectivity index (χ2n) is 10.1. The third kappa shape index (κ3) is 4.78. The van der Waals surface area contributed by atoms with E-state index in [1.54, 1.807) is 0 Å². The molecule has 3 aliphatic rings. The summed E-state index contributed by atoms with van der Waals surface area (Å²) in [4.78, 5) is 11.7. The number of methoxy groups -OCH3 is 1. The molecule has 0 N–H and O–H groups in total. The van der Waals surface area contributed by atoms with Crippen molar-refractivity contribution in [1.82, 2.24) is 0 Å². The number of carbonyl (C=O) groups is 1. The number of fused-ring (bicyclic) bond motifs is 2. The Bertz CT molecular complexity index is 1320. The molecule has 0 spiro atoms. The average Bonchev–Trinajstić information content (AvgIpc) is 3.54. The van der Waals surface area contributed by atoms with Crippen molar-refractivity contribution >= 4 is 5.97 Å². The van der Waals surface area contributed by atoms with Crippen molar-refractivity contribution in [3.8, 4) is 28.4 Å². The summed E-state index contributed by atoms with van der Waals surface area (Å²) in [6, 6.07) is 16.7. The van der Waals surface area contributed by atoms with Gasteiger partial charge in [-0.1, -0.05) is 24.3 Å². The lowest BCUT2D eigenvalue weighted by Crippen LogP contribution is -2.20. The molecule has 6 rings (SSSR count). The molecule has 0 bridgehead atoms. The number of ether oxygens (including phenoxy) is 5. The molecule has 192 valence electrons. The maximum absolute atomic E-state index is 11.7. The lowest BCUT2D eigenvalue weighted by atomic mass is 9.79. The first-order chi connectivity index (χ1) is 18.1. The van der Waals surface area contributed by atoms with E-state index in [0.717, 1.165) is 54.2 Å². The van der Waals surface area contributed by atoms with Gasteiger partial charge < -0.3 is 23.7 Å². The van der Waals surface area contributed by atoms with Crippen LogP contribution in [-0.2, 0) is 33.7 Å². The molecular formula is C31H32O6. The highest BCUT2D eigenvalue weighted by Gasteiger charge is 2.28. The van der Waals surface area contributed by atoms with E-state index in [1.165, 1.54) is 34.9 Å². The number of rotatable bonds is 8. The zero-order chi connectivity index (χ0) is 25.4. The molecule has 3 aromatic rings. The van der Waals surface area contributed by atoms with E-state index in [4.69, 9.17) is 23.7 Å². The highest BCUT2D eigenvalue weighted by atomic mass is 16.5. The first kappa shape index (κ1) is 23.9. The van der Waals surface area contributed by atoms with E-state index in [1.807, 2.05) is 18.2 Å². The number of hydrogen-bond acceptors (Lipinski definition) is 6. The Labute approximate surface area is 217 Å². The molecule has 2 atom stereocenters. The van der Waals surface area contributed by atoms with Gasteiger partial charge >= 0.3 is 5.97 Å². The molecule has 0 saturated carbocycles. The van der Waals surface area contributed by atoms with E-state index in [0.29, 0.717) is 26.2 Å². The normalized spacial score (nSPS) is 19.4. The van der Waals surface area contributed by atoms with Crippen LogP contribution in [0.5, 0.6) is 17.2 Å². The molecule has 0 aromatic heterocycles. The van der Waals surface area contributed by atoms with E-state index in [-0.39, 0.29) is 18.0 Å². The summed E-state index contributed by atoms with van der Waals surface area (Å²) in [6.07, 6.45) is 3.59. The summed E-state index contributed by atoms with van der Waals surface area (Å²) in [5.41, 5.74) is 8.66. The van der Waals surface area contributed by atoms with Crippen LogP contribution in [0, 0.1) is 6.92 Å². The maximum atomic E-state index is 11.7. The van der Waals surface area contributed by atoms with Crippen LogP contribution >= 0.6 is 0 Å². The van der Waals surface area contributed by atoms with Gasteiger partial charge in [-0.15, -0.1) is 0 Å². The van der Waals surface area contributed by atoms with Gasteiger partial charge in [0.25, 0.3) is 0 Å². The van der Waals surface area contributed by atoms with Crippen LogP contribution in [0.1, 0.15) is 46.6 Å². The van der Waals surface area contributed by atoms with Crippen molar-refractivity contribution in [2.24, 2.45) is 0 Å².